The Balaban J connectivity index is 2.56. The van der Waals surface area contributed by atoms with E-state index >= 15 is 0 Å². The summed E-state index contributed by atoms with van der Waals surface area (Å²) in [4.78, 5) is 0. The number of methoxy groups -OCH3 is 1. The maximum Gasteiger partial charge on any atom is 0.172 e. The molecule has 0 aromatic heterocycles. The molecule has 0 atom stereocenters. The van der Waals surface area contributed by atoms with Crippen LogP contribution in [0.1, 0.15) is 18.9 Å². The number of phenolic OH excluding ortho intramolecular Hbond substituents is 1. The van der Waals surface area contributed by atoms with Gasteiger partial charge in [-0.3, -0.25) is 0 Å². The number of aromatic hydroxyl groups is 1. The normalized spacial score (nSPS) is 11.0. The van der Waals surface area contributed by atoms with E-state index in [0.29, 0.717) is 10.2 Å². The third-order valence-corrected chi connectivity index (χ3v) is 2.97. The summed E-state index contributed by atoms with van der Waals surface area (Å²) in [5.41, 5.74) is 1.08. The van der Waals surface area contributed by atoms with Crippen LogP contribution in [0.25, 0.3) is 0 Å². The van der Waals surface area contributed by atoms with E-state index in [0.717, 1.165) is 25.1 Å². The van der Waals surface area contributed by atoms with E-state index in [2.05, 4.69) is 27.3 Å². The summed E-state index contributed by atoms with van der Waals surface area (Å²) in [7, 11) is 1.55. The van der Waals surface area contributed by atoms with Gasteiger partial charge >= 0.3 is 0 Å². The molecule has 3 nitrogen and oxygen atoms in total. The Labute approximate surface area is 111 Å². The summed E-state index contributed by atoms with van der Waals surface area (Å²) >= 11 is 3.30. The predicted octanol–water partition coefficient (Wildman–Crippen LogP) is 3.22. The zero-order valence-electron chi connectivity index (χ0n) is 10.2. The number of hydrogen-bond acceptors (Lipinski definition) is 3. The lowest BCUT2D eigenvalue weighted by Crippen LogP contribution is -2.14. The summed E-state index contributed by atoms with van der Waals surface area (Å²) in [5, 5.41) is 13.0. The van der Waals surface area contributed by atoms with E-state index in [-0.39, 0.29) is 5.75 Å². The molecular weight excluding hydrogens is 282 g/mol. The van der Waals surface area contributed by atoms with Crippen molar-refractivity contribution in [3.8, 4) is 11.5 Å². The van der Waals surface area contributed by atoms with E-state index in [1.165, 1.54) is 0 Å². The molecule has 94 valence electrons. The second-order valence-corrected chi connectivity index (χ2v) is 4.52. The van der Waals surface area contributed by atoms with Crippen molar-refractivity contribution in [2.45, 2.75) is 19.9 Å². The Bertz CT molecular complexity index is 391. The minimum atomic E-state index is 0.144. The summed E-state index contributed by atoms with van der Waals surface area (Å²) in [6.45, 7) is 3.71. The molecule has 0 saturated carbocycles. The first-order valence-corrected chi connectivity index (χ1v) is 6.35. The van der Waals surface area contributed by atoms with Crippen LogP contribution in [0.3, 0.4) is 0 Å². The highest BCUT2D eigenvalue weighted by Gasteiger charge is 2.07. The molecule has 0 spiro atoms. The van der Waals surface area contributed by atoms with Gasteiger partial charge in [0.05, 0.1) is 11.6 Å². The lowest BCUT2D eigenvalue weighted by molar-refractivity contribution is 0.371. The van der Waals surface area contributed by atoms with E-state index in [9.17, 15) is 5.11 Å². The number of phenols is 1. The molecule has 1 aromatic rings. The number of allylic oxidation sites excluding steroid dienone is 1. The van der Waals surface area contributed by atoms with Gasteiger partial charge in [-0.1, -0.05) is 12.2 Å². The van der Waals surface area contributed by atoms with Crippen LogP contribution in [0.15, 0.2) is 28.8 Å². The fourth-order valence-electron chi connectivity index (χ4n) is 1.47. The third kappa shape index (κ3) is 4.40. The third-order valence-electron chi connectivity index (χ3n) is 2.36. The van der Waals surface area contributed by atoms with Gasteiger partial charge in [-0.25, -0.2) is 0 Å². The maximum absolute atomic E-state index is 9.66. The van der Waals surface area contributed by atoms with Gasteiger partial charge in [-0.05, 0) is 53.5 Å². The molecular formula is C13H18BrNO2. The molecule has 17 heavy (non-hydrogen) atoms. The first kappa shape index (κ1) is 14.1. The van der Waals surface area contributed by atoms with E-state index < -0.39 is 0 Å². The van der Waals surface area contributed by atoms with Crippen molar-refractivity contribution in [2.75, 3.05) is 13.7 Å². The molecule has 0 heterocycles. The number of halogens is 1. The molecule has 1 rings (SSSR count). The Kier molecular flexibility index (Phi) is 6.08. The fourth-order valence-corrected chi connectivity index (χ4v) is 1.96. The Morgan fingerprint density at radius 3 is 2.88 bits per heavy atom. The largest absolute Gasteiger partial charge is 0.503 e. The highest BCUT2D eigenvalue weighted by molar-refractivity contribution is 9.10. The minimum Gasteiger partial charge on any atom is -0.503 e. The van der Waals surface area contributed by atoms with Gasteiger partial charge in [0.1, 0.15) is 0 Å². The van der Waals surface area contributed by atoms with Crippen molar-refractivity contribution in [3.63, 3.8) is 0 Å². The van der Waals surface area contributed by atoms with Crippen molar-refractivity contribution in [3.05, 3.63) is 34.3 Å². The van der Waals surface area contributed by atoms with Gasteiger partial charge in [-0.15, -0.1) is 0 Å². The van der Waals surface area contributed by atoms with E-state index in [4.69, 9.17) is 4.74 Å². The van der Waals surface area contributed by atoms with Gasteiger partial charge in [0, 0.05) is 6.54 Å². The average molecular weight is 300 g/mol. The van der Waals surface area contributed by atoms with Gasteiger partial charge in [0.2, 0.25) is 0 Å². The molecule has 2 N–H and O–H groups in total. The number of nitrogens with one attached hydrogen (secondary N) is 1. The molecule has 4 heteroatoms. The molecule has 0 aliphatic rings. The highest BCUT2D eigenvalue weighted by Crippen LogP contribution is 2.35. The van der Waals surface area contributed by atoms with Crippen LogP contribution in [-0.2, 0) is 6.54 Å². The zero-order chi connectivity index (χ0) is 12.7. The lowest BCUT2D eigenvalue weighted by atomic mass is 10.2. The standard InChI is InChI=1S/C13H18BrNO2/c1-3-4-5-6-15-9-10-7-11(14)13(16)12(8-10)17-2/h3-4,7-8,15-16H,5-6,9H2,1-2H3/b4-3+. The molecule has 0 unspecified atom stereocenters. The van der Waals surface area contributed by atoms with Gasteiger partial charge in [0.15, 0.2) is 11.5 Å². The smallest absolute Gasteiger partial charge is 0.172 e. The van der Waals surface area contributed by atoms with Crippen LogP contribution in [0.2, 0.25) is 0 Å². The molecule has 0 saturated heterocycles. The number of hydrogen-bond donors (Lipinski definition) is 2. The maximum atomic E-state index is 9.66. The van der Waals surface area contributed by atoms with Crippen LogP contribution in [-0.4, -0.2) is 18.8 Å². The van der Waals surface area contributed by atoms with Gasteiger partial charge in [0.25, 0.3) is 0 Å². The molecule has 0 bridgehead atoms. The zero-order valence-corrected chi connectivity index (χ0v) is 11.8. The van der Waals surface area contributed by atoms with Crippen LogP contribution in [0, 0.1) is 0 Å². The number of rotatable bonds is 6. The first-order chi connectivity index (χ1) is 8.19. The van der Waals surface area contributed by atoms with Crippen molar-refractivity contribution in [1.29, 1.82) is 0 Å². The summed E-state index contributed by atoms with van der Waals surface area (Å²) in [5.74, 6) is 0.634. The highest BCUT2D eigenvalue weighted by atomic mass is 79.9. The minimum absolute atomic E-state index is 0.144. The molecule has 0 aliphatic heterocycles. The van der Waals surface area contributed by atoms with Gasteiger partial charge < -0.3 is 15.2 Å². The SMILES string of the molecule is C/C=C/CCNCc1cc(Br)c(O)c(OC)c1. The summed E-state index contributed by atoms with van der Waals surface area (Å²) in [6.07, 6.45) is 5.19. The van der Waals surface area contributed by atoms with Crippen LogP contribution < -0.4 is 10.1 Å². The van der Waals surface area contributed by atoms with Crippen LogP contribution >= 0.6 is 15.9 Å². The fraction of sp³-hybridized carbons (Fsp3) is 0.385. The van der Waals surface area contributed by atoms with Crippen molar-refractivity contribution in [1.82, 2.24) is 5.32 Å². The molecule has 1 aromatic carbocycles. The predicted molar refractivity (Wildman–Crippen MR) is 73.5 cm³/mol. The Morgan fingerprint density at radius 1 is 1.47 bits per heavy atom. The number of benzene rings is 1. The van der Waals surface area contributed by atoms with E-state index in [1.807, 2.05) is 25.1 Å². The molecule has 0 radical (unpaired) electrons. The van der Waals surface area contributed by atoms with Crippen molar-refractivity contribution in [2.24, 2.45) is 0 Å². The Morgan fingerprint density at radius 2 is 2.24 bits per heavy atom. The monoisotopic (exact) mass is 299 g/mol. The van der Waals surface area contributed by atoms with Crippen LogP contribution in [0.5, 0.6) is 11.5 Å². The van der Waals surface area contributed by atoms with Crippen LogP contribution in [0.4, 0.5) is 0 Å². The molecule has 0 aliphatic carbocycles. The molecule has 0 fully saturated rings. The molecule has 0 amide bonds. The van der Waals surface area contributed by atoms with Crippen molar-refractivity contribution < 1.29 is 9.84 Å². The summed E-state index contributed by atoms with van der Waals surface area (Å²) < 4.78 is 5.75. The second kappa shape index (κ2) is 7.35. The number of ether oxygens (including phenoxy) is 1. The average Bonchev–Trinajstić information content (AvgIpc) is 2.33. The van der Waals surface area contributed by atoms with Gasteiger partial charge in [-0.2, -0.15) is 0 Å². The topological polar surface area (TPSA) is 41.5 Å². The van der Waals surface area contributed by atoms with Crippen molar-refractivity contribution >= 4 is 15.9 Å². The van der Waals surface area contributed by atoms with E-state index in [1.54, 1.807) is 7.11 Å². The second-order valence-electron chi connectivity index (χ2n) is 3.66. The summed E-state index contributed by atoms with van der Waals surface area (Å²) in [6, 6.07) is 3.73. The quantitative estimate of drug-likeness (QED) is 0.626. The lowest BCUT2D eigenvalue weighted by Gasteiger charge is -2.09. The Hall–Kier alpha value is -1.00. The first-order valence-electron chi connectivity index (χ1n) is 5.56.